The molecule has 0 bridgehead atoms. The number of aromatic amines is 2. The summed E-state index contributed by atoms with van der Waals surface area (Å²) < 4.78 is 7.16. The molecule has 0 saturated heterocycles. The number of nitrogens with zero attached hydrogens (tertiary/aromatic N) is 25. The molecule has 0 aliphatic carbocycles. The van der Waals surface area contributed by atoms with Crippen LogP contribution in [0.3, 0.4) is 0 Å². The fourth-order valence-electron chi connectivity index (χ4n) is 13.7. The molecule has 67 heteroatoms. The first-order chi connectivity index (χ1) is 70.0. The van der Waals surface area contributed by atoms with Gasteiger partial charge in [0.15, 0.2) is 34.1 Å². The van der Waals surface area contributed by atoms with E-state index in [0.29, 0.717) is 0 Å². The van der Waals surface area contributed by atoms with Gasteiger partial charge in [-0.2, -0.15) is 19.9 Å². The van der Waals surface area contributed by atoms with Gasteiger partial charge in [-0.05, 0) is 25.1 Å². The van der Waals surface area contributed by atoms with Gasteiger partial charge in [0.05, 0.1) is 84.4 Å². The number of nitrogens with two attached hydrogens (primary N) is 8. The van der Waals surface area contributed by atoms with Crippen LogP contribution in [-0.4, -0.2) is 389 Å². The van der Waals surface area contributed by atoms with Crippen LogP contribution in [0, 0.1) is 6.92 Å². The number of carbonyl (C=O) groups excluding carboxylic acids is 17. The fourth-order valence-corrected chi connectivity index (χ4v) is 13.7. The molecule has 0 spiro atoms. The number of H-pyrrole nitrogens is 2. The van der Waals surface area contributed by atoms with Crippen LogP contribution in [0.1, 0.15) is 5.56 Å². The molecule has 10 heterocycles. The van der Waals surface area contributed by atoms with Crippen molar-refractivity contribution in [1.29, 1.82) is 0 Å². The molecule has 0 fully saturated rings. The van der Waals surface area contributed by atoms with Crippen LogP contribution in [0.5, 0.6) is 0 Å². The minimum atomic E-state index is -1.04. The van der Waals surface area contributed by atoms with Gasteiger partial charge in [0, 0.05) is 122 Å². The van der Waals surface area contributed by atoms with Crippen LogP contribution in [0.2, 0.25) is 0 Å². The Morgan fingerprint density at radius 2 is 0.605 bits per heavy atom. The van der Waals surface area contributed by atoms with Gasteiger partial charge < -0.3 is 142 Å². The molecule has 0 unspecified atom stereocenters. The molecular formula is C80H104N44O23. The van der Waals surface area contributed by atoms with Crippen molar-refractivity contribution < 1.29 is 81.5 Å². The zero-order valence-corrected chi connectivity index (χ0v) is 78.5. The zero-order chi connectivity index (χ0) is 107. The molecule has 10 aromatic rings. The number of nitrogens with one attached hydrogen (secondary N) is 11. The lowest BCUT2D eigenvalue weighted by molar-refractivity contribution is -0.138. The highest BCUT2D eigenvalue weighted by atomic mass is 16.2. The number of aromatic nitrogens is 20. The van der Waals surface area contributed by atoms with Crippen molar-refractivity contribution in [3.8, 4) is 0 Å². The van der Waals surface area contributed by atoms with E-state index in [0.717, 1.165) is 94.7 Å². The number of aryl methyl sites for hydroxylation is 1. The summed E-state index contributed by atoms with van der Waals surface area (Å²) in [7, 11) is 0. The summed E-state index contributed by atoms with van der Waals surface area (Å²) >= 11 is 0. The van der Waals surface area contributed by atoms with E-state index in [1.807, 2.05) is 0 Å². The largest absolute Gasteiger partial charge is 0.383 e. The Balaban J connectivity index is 0.803. The van der Waals surface area contributed by atoms with Crippen molar-refractivity contribution in [2.24, 2.45) is 11.5 Å². The van der Waals surface area contributed by atoms with E-state index in [1.165, 1.54) is 53.1 Å². The first kappa shape index (κ1) is 110. The second-order valence-corrected chi connectivity index (χ2v) is 32.0. The maximum absolute atomic E-state index is 14.5. The molecule has 0 atom stereocenters. The van der Waals surface area contributed by atoms with Gasteiger partial charge in [0.25, 0.3) is 11.1 Å². The second kappa shape index (κ2) is 52.1. The van der Waals surface area contributed by atoms with Gasteiger partial charge in [-0.25, -0.2) is 54.1 Å². The number of imidazole rings is 3. The number of anilines is 6. The van der Waals surface area contributed by atoms with Crippen molar-refractivity contribution >= 4 is 169 Å². The van der Waals surface area contributed by atoms with E-state index in [4.69, 9.17) is 45.9 Å². The zero-order valence-electron chi connectivity index (χ0n) is 78.5. The molecule has 0 radical (unpaired) electrons. The molecule has 17 amide bonds. The number of carbonyl (C=O) groups is 17. The molecule has 67 nitrogen and oxygen atoms in total. The van der Waals surface area contributed by atoms with Crippen LogP contribution in [0.4, 0.5) is 35.0 Å². The Labute approximate surface area is 824 Å². The van der Waals surface area contributed by atoms with E-state index in [1.54, 1.807) is 0 Å². The van der Waals surface area contributed by atoms with Crippen molar-refractivity contribution in [3.63, 3.8) is 0 Å². The summed E-state index contributed by atoms with van der Waals surface area (Å²) in [5.74, 6) is -15.6. The smallest absolute Gasteiger partial charge is 0.349 e. The SMILES string of the molecule is Cc1cn(CC(=O)N(CCNC(=O)CN(CCNC(=O)CN(CCNC(=O)CN)C(=O)Cn2ccc(N)nc2=O)C(=O)Cn2ccc(N)nc2=O)CC(=O)NCCN(CC(=O)NCCN(CC(=O)NCCN(CC(=O)NCCN(CC(=O)NCC(=O)NCC(N)=O)C(=O)Cn2cnc3c(=O)[nH]c(N)nc32)C(=O)Cn2cnc3c(N)ncnc32)C(=O)Cn2ccc(N)nc2=O)C(=O)Cn2cnc3c(N)ncnc32)c(=O)[nH]c1=O. The molecule has 27 N–H and O–H groups in total. The number of fused-ring (bicyclic) bond motifs is 3. The predicted octanol–water partition coefficient (Wildman–Crippen LogP) is -17.8. The average Bonchev–Trinajstić information content (AvgIpc) is 1.66. The highest BCUT2D eigenvalue weighted by Gasteiger charge is 2.30. The van der Waals surface area contributed by atoms with E-state index >= 15 is 0 Å². The molecule has 0 aromatic carbocycles. The molecule has 10 rings (SSSR count). The van der Waals surface area contributed by atoms with Crippen LogP contribution < -0.4 is 128 Å². The normalized spacial score (nSPS) is 11.0. The molecule has 0 aliphatic rings. The molecular weight excluding hydrogens is 1950 g/mol. The fraction of sp³-hybridized carbons (Fsp3) is 0.400. The van der Waals surface area contributed by atoms with Gasteiger partial charge in [-0.3, -0.25) is 119 Å². The summed E-state index contributed by atoms with van der Waals surface area (Å²) in [4.78, 5) is 363. The standard InChI is InChI=1S/C80H104N44O23/c1-45-25-121(80(147)110-74(45)142)36-62(138)114(18-8-92-53(129)27-112(60(136)34-119-13-3-47(83)106-78(119)145)16-6-90-52(128)26-111(15-5-89-50(126)22-81)59(135)33-118-12-2-46(82)105-77(118)144)29-55(131)94-10-20-116(64(140)38-123-43-103-67-70(87)99-41-101-72(67)123)30-56(132)91-7-17-113(61(137)35-120-14-4-48(84)107-79(120)146)28-54(130)93-9-19-115(63(139)37-122-42-102-66-69(86)98-40-100-71(66)122)31-57(133)95-11-21-117(32-58(134)97-24-51(127)96-23-49(85)125)65(141)39-124-44-104-68-73(124)108-76(88)109-75(68)143/h2-4,12-14,25,40-44H,5-11,15-24,26-39,81H2,1H3,(H2,85,125)(H,89,126)(H,90,128)(H,91,132)(H,92,129)(H,93,130)(H,94,131)(H,95,133)(H,96,127)(H,97,134)(H2,82,105,144)(H2,83,106,145)(H2,84,107,146)(H2,86,98,100)(H2,87,99,101)(H,110,142,147)(H3,88,108,109,143). The highest BCUT2D eigenvalue weighted by Crippen LogP contribution is 2.17. The number of rotatable bonds is 54. The number of amides is 17. The van der Waals surface area contributed by atoms with Crippen LogP contribution >= 0.6 is 0 Å². The van der Waals surface area contributed by atoms with Crippen molar-refractivity contribution in [2.75, 3.05) is 191 Å². The van der Waals surface area contributed by atoms with Crippen LogP contribution in [0.25, 0.3) is 33.5 Å². The lowest BCUT2D eigenvalue weighted by Crippen LogP contribution is -2.50. The Morgan fingerprint density at radius 1 is 0.320 bits per heavy atom. The number of hydrogen-bond donors (Lipinski definition) is 19. The summed E-state index contributed by atoms with van der Waals surface area (Å²) in [5.41, 5.74) is 40.0. The van der Waals surface area contributed by atoms with Gasteiger partial charge in [-0.1, -0.05) is 0 Å². The molecule has 0 aliphatic heterocycles. The number of hydrogen-bond acceptors (Lipinski definition) is 41. The van der Waals surface area contributed by atoms with E-state index in [9.17, 15) is 110 Å². The van der Waals surface area contributed by atoms with Gasteiger partial charge in [-0.15, -0.1) is 0 Å². The number of primary amides is 1. The Kier molecular flexibility index (Phi) is 38.8. The average molecular weight is 2050 g/mol. The minimum absolute atomic E-state index is 0.00423. The lowest BCUT2D eigenvalue weighted by Gasteiger charge is -2.26. The van der Waals surface area contributed by atoms with Crippen molar-refractivity contribution in [3.05, 3.63) is 143 Å². The molecule has 782 valence electrons. The molecule has 147 heavy (non-hydrogen) atoms. The first-order valence-corrected chi connectivity index (χ1v) is 44.2. The quantitative estimate of drug-likeness (QED) is 0.0168. The van der Waals surface area contributed by atoms with Gasteiger partial charge in [0.2, 0.25) is 106 Å². The van der Waals surface area contributed by atoms with E-state index in [2.05, 4.69) is 113 Å². The summed E-state index contributed by atoms with van der Waals surface area (Å²) in [6.45, 7) is -16.7. The minimum Gasteiger partial charge on any atom is -0.383 e. The van der Waals surface area contributed by atoms with Crippen LogP contribution in [0.15, 0.2) is 103 Å². The summed E-state index contributed by atoms with van der Waals surface area (Å²) in [6, 6.07) is 3.67. The topological polar surface area (TPSA) is 940 Å². The Bertz CT molecular complexity index is 7020. The van der Waals surface area contributed by atoms with Crippen molar-refractivity contribution in [1.82, 2.24) is 179 Å². The monoisotopic (exact) mass is 2050 g/mol. The summed E-state index contributed by atoms with van der Waals surface area (Å²) in [6.07, 6.45) is 10.3. The van der Waals surface area contributed by atoms with Gasteiger partial charge in [0.1, 0.15) is 87.0 Å². The molecule has 10 aromatic heterocycles. The van der Waals surface area contributed by atoms with Crippen molar-refractivity contribution in [2.45, 2.75) is 52.7 Å². The Morgan fingerprint density at radius 3 is 0.918 bits per heavy atom. The third-order valence-electron chi connectivity index (χ3n) is 21.2. The highest BCUT2D eigenvalue weighted by molar-refractivity contribution is 5.93. The third kappa shape index (κ3) is 32.8. The molecule has 0 saturated carbocycles. The van der Waals surface area contributed by atoms with Crippen LogP contribution in [-0.2, 0) is 127 Å². The summed E-state index contributed by atoms with van der Waals surface area (Å²) in [5, 5.41) is 22.2. The van der Waals surface area contributed by atoms with E-state index in [-0.39, 0.29) is 87.2 Å². The maximum atomic E-state index is 14.5. The maximum Gasteiger partial charge on any atom is 0.349 e. The predicted molar refractivity (Wildman–Crippen MR) is 508 cm³/mol. The third-order valence-corrected chi connectivity index (χ3v) is 21.2. The van der Waals surface area contributed by atoms with Gasteiger partial charge >= 0.3 is 22.8 Å². The number of nitrogen functional groups attached to an aromatic ring is 6. The van der Waals surface area contributed by atoms with E-state index < -0.39 is 324 Å². The second-order valence-electron chi connectivity index (χ2n) is 32.0. The lowest BCUT2D eigenvalue weighted by atomic mass is 10.3. The Hall–Kier alpha value is -19.5. The first-order valence-electron chi connectivity index (χ1n) is 44.2.